The van der Waals surface area contributed by atoms with Crippen LogP contribution in [0.2, 0.25) is 0 Å². The van der Waals surface area contributed by atoms with Gasteiger partial charge in [-0.2, -0.15) is 0 Å². The molecule has 2 unspecified atom stereocenters. The Balaban J connectivity index is 2.17. The molecule has 0 saturated carbocycles. The zero-order chi connectivity index (χ0) is 14.0. The van der Waals surface area contributed by atoms with Crippen LogP contribution in [0.3, 0.4) is 0 Å². The minimum atomic E-state index is -0.477. The summed E-state index contributed by atoms with van der Waals surface area (Å²) in [6.07, 6.45) is 0. The minimum Gasteiger partial charge on any atom is -0.379 e. The van der Waals surface area contributed by atoms with Crippen LogP contribution in [-0.2, 0) is 9.53 Å². The van der Waals surface area contributed by atoms with Gasteiger partial charge in [-0.25, -0.2) is 0 Å². The van der Waals surface area contributed by atoms with Gasteiger partial charge >= 0.3 is 0 Å². The third-order valence-electron chi connectivity index (χ3n) is 3.22. The maximum atomic E-state index is 12.0. The van der Waals surface area contributed by atoms with Gasteiger partial charge in [0.25, 0.3) is 5.69 Å². The van der Waals surface area contributed by atoms with E-state index in [9.17, 15) is 14.9 Å². The van der Waals surface area contributed by atoms with E-state index in [1.165, 1.54) is 12.1 Å². The lowest BCUT2D eigenvalue weighted by Gasteiger charge is -2.14. The first-order valence-corrected chi connectivity index (χ1v) is 5.89. The van der Waals surface area contributed by atoms with Crippen molar-refractivity contribution in [1.82, 2.24) is 0 Å². The molecule has 0 bridgehead atoms. The zero-order valence-electron chi connectivity index (χ0n) is 10.5. The molecule has 3 N–H and O–H groups in total. The highest BCUT2D eigenvalue weighted by molar-refractivity contribution is 5.94. The van der Waals surface area contributed by atoms with Gasteiger partial charge in [0, 0.05) is 12.1 Å². The molecule has 0 spiro atoms. The Kier molecular flexibility index (Phi) is 3.77. The van der Waals surface area contributed by atoms with E-state index in [-0.39, 0.29) is 24.2 Å². The molecule has 1 aliphatic heterocycles. The van der Waals surface area contributed by atoms with Gasteiger partial charge in [-0.15, -0.1) is 0 Å². The molecule has 19 heavy (non-hydrogen) atoms. The molecule has 0 aromatic heterocycles. The molecular weight excluding hydrogens is 250 g/mol. The van der Waals surface area contributed by atoms with E-state index in [0.717, 1.165) is 0 Å². The van der Waals surface area contributed by atoms with Gasteiger partial charge in [0.2, 0.25) is 5.91 Å². The summed E-state index contributed by atoms with van der Waals surface area (Å²) < 4.78 is 5.13. The Hall–Kier alpha value is -1.99. The average Bonchev–Trinajstić information content (AvgIpc) is 2.77. The van der Waals surface area contributed by atoms with Gasteiger partial charge in [0.15, 0.2) is 0 Å². The van der Waals surface area contributed by atoms with Crippen LogP contribution in [0.15, 0.2) is 18.2 Å². The van der Waals surface area contributed by atoms with E-state index < -0.39 is 10.8 Å². The Labute approximate surface area is 109 Å². The summed E-state index contributed by atoms with van der Waals surface area (Å²) in [6.45, 7) is 2.23. The van der Waals surface area contributed by atoms with Crippen LogP contribution >= 0.6 is 0 Å². The highest BCUT2D eigenvalue weighted by atomic mass is 16.6. The number of ether oxygens (including phenoxy) is 1. The van der Waals surface area contributed by atoms with Crippen LogP contribution in [0.1, 0.15) is 5.56 Å². The number of anilines is 1. The Bertz CT molecular complexity index is 518. The maximum absolute atomic E-state index is 12.0. The van der Waals surface area contributed by atoms with Crippen LogP contribution in [0.5, 0.6) is 0 Å². The van der Waals surface area contributed by atoms with Crippen LogP contribution in [0.4, 0.5) is 11.4 Å². The van der Waals surface area contributed by atoms with E-state index in [1.807, 2.05) is 0 Å². The monoisotopic (exact) mass is 265 g/mol. The van der Waals surface area contributed by atoms with E-state index in [4.69, 9.17) is 10.5 Å². The minimum absolute atomic E-state index is 0.0234. The lowest BCUT2D eigenvalue weighted by atomic mass is 10.0. The fourth-order valence-electron chi connectivity index (χ4n) is 2.02. The van der Waals surface area contributed by atoms with Crippen molar-refractivity contribution in [3.05, 3.63) is 33.9 Å². The number of rotatable bonds is 3. The molecule has 1 heterocycles. The van der Waals surface area contributed by atoms with E-state index >= 15 is 0 Å². The fourth-order valence-corrected chi connectivity index (χ4v) is 2.02. The molecule has 1 aliphatic rings. The SMILES string of the molecule is Cc1c(NC(=O)C2COCC2N)cccc1[N+](=O)[O-]. The van der Waals surface area contributed by atoms with Crippen LogP contribution in [0.25, 0.3) is 0 Å². The highest BCUT2D eigenvalue weighted by Crippen LogP contribution is 2.26. The summed E-state index contributed by atoms with van der Waals surface area (Å²) >= 11 is 0. The molecular formula is C12H15N3O4. The summed E-state index contributed by atoms with van der Waals surface area (Å²) in [5.74, 6) is -0.688. The van der Waals surface area contributed by atoms with Crippen molar-refractivity contribution in [2.45, 2.75) is 13.0 Å². The predicted molar refractivity (Wildman–Crippen MR) is 68.7 cm³/mol. The lowest BCUT2D eigenvalue weighted by Crippen LogP contribution is -2.37. The Morgan fingerprint density at radius 1 is 1.53 bits per heavy atom. The Morgan fingerprint density at radius 2 is 2.26 bits per heavy atom. The second-order valence-electron chi connectivity index (χ2n) is 4.50. The first-order chi connectivity index (χ1) is 9.00. The summed E-state index contributed by atoms with van der Waals surface area (Å²) in [5.41, 5.74) is 6.59. The van der Waals surface area contributed by atoms with Gasteiger partial charge < -0.3 is 15.8 Å². The maximum Gasteiger partial charge on any atom is 0.274 e. The number of nitrogens with zero attached hydrogens (tertiary/aromatic N) is 1. The molecule has 1 amide bonds. The third-order valence-corrected chi connectivity index (χ3v) is 3.22. The first-order valence-electron chi connectivity index (χ1n) is 5.89. The standard InChI is InChI=1S/C12H15N3O4/c1-7-10(3-2-4-11(7)15(17)18)14-12(16)8-5-19-6-9(8)13/h2-4,8-9H,5-6,13H2,1H3,(H,14,16). The first kappa shape index (κ1) is 13.4. The largest absolute Gasteiger partial charge is 0.379 e. The molecule has 1 aromatic carbocycles. The second kappa shape index (κ2) is 5.33. The number of amides is 1. The molecule has 0 aliphatic carbocycles. The molecule has 1 fully saturated rings. The number of nitrogens with two attached hydrogens (primary N) is 1. The highest BCUT2D eigenvalue weighted by Gasteiger charge is 2.31. The number of carbonyl (C=O) groups is 1. The van der Waals surface area contributed by atoms with Gasteiger partial charge in [-0.05, 0) is 13.0 Å². The van der Waals surface area contributed by atoms with Gasteiger partial charge in [0.05, 0.1) is 35.3 Å². The Morgan fingerprint density at radius 3 is 2.84 bits per heavy atom. The quantitative estimate of drug-likeness (QED) is 0.621. The third kappa shape index (κ3) is 2.72. The second-order valence-corrected chi connectivity index (χ2v) is 4.50. The van der Waals surface area contributed by atoms with Gasteiger partial charge in [-0.1, -0.05) is 6.07 Å². The van der Waals surface area contributed by atoms with E-state index in [1.54, 1.807) is 13.0 Å². The molecule has 0 radical (unpaired) electrons. The topological polar surface area (TPSA) is 107 Å². The van der Waals surface area contributed by atoms with Crippen molar-refractivity contribution in [1.29, 1.82) is 0 Å². The van der Waals surface area contributed by atoms with Crippen molar-refractivity contribution in [2.24, 2.45) is 11.7 Å². The van der Waals surface area contributed by atoms with Crippen molar-refractivity contribution < 1.29 is 14.5 Å². The molecule has 102 valence electrons. The number of nitrogens with one attached hydrogen (secondary N) is 1. The van der Waals surface area contributed by atoms with Crippen LogP contribution in [-0.4, -0.2) is 30.1 Å². The number of carbonyl (C=O) groups excluding carboxylic acids is 1. The van der Waals surface area contributed by atoms with Crippen molar-refractivity contribution >= 4 is 17.3 Å². The average molecular weight is 265 g/mol. The zero-order valence-corrected chi connectivity index (χ0v) is 10.5. The van der Waals surface area contributed by atoms with Crippen molar-refractivity contribution in [3.8, 4) is 0 Å². The molecule has 2 rings (SSSR count). The summed E-state index contributed by atoms with van der Waals surface area (Å²) in [7, 11) is 0. The number of hydrogen-bond donors (Lipinski definition) is 2. The van der Waals surface area contributed by atoms with Crippen LogP contribution < -0.4 is 11.1 Å². The number of benzene rings is 1. The fraction of sp³-hybridized carbons (Fsp3) is 0.417. The summed E-state index contributed by atoms with van der Waals surface area (Å²) in [4.78, 5) is 22.4. The lowest BCUT2D eigenvalue weighted by molar-refractivity contribution is -0.385. The smallest absolute Gasteiger partial charge is 0.274 e. The van der Waals surface area contributed by atoms with Crippen LogP contribution in [0, 0.1) is 23.0 Å². The molecule has 1 aromatic rings. The summed E-state index contributed by atoms with van der Waals surface area (Å²) in [5, 5.41) is 13.5. The van der Waals surface area contributed by atoms with Crippen molar-refractivity contribution in [2.75, 3.05) is 18.5 Å². The predicted octanol–water partition coefficient (Wildman–Crippen LogP) is 0.815. The van der Waals surface area contributed by atoms with Crippen molar-refractivity contribution in [3.63, 3.8) is 0 Å². The summed E-state index contributed by atoms with van der Waals surface area (Å²) in [6, 6.07) is 4.22. The van der Waals surface area contributed by atoms with Gasteiger partial charge in [0.1, 0.15) is 0 Å². The molecule has 7 heteroatoms. The number of nitro groups is 1. The van der Waals surface area contributed by atoms with E-state index in [2.05, 4.69) is 5.32 Å². The number of hydrogen-bond acceptors (Lipinski definition) is 5. The number of nitro benzene ring substituents is 1. The molecule has 2 atom stereocenters. The van der Waals surface area contributed by atoms with E-state index in [0.29, 0.717) is 17.9 Å². The molecule has 1 saturated heterocycles. The molecule has 7 nitrogen and oxygen atoms in total. The normalized spacial score (nSPS) is 22.2. The van der Waals surface area contributed by atoms with Gasteiger partial charge in [-0.3, -0.25) is 14.9 Å².